The summed E-state index contributed by atoms with van der Waals surface area (Å²) in [4.78, 5) is 14.7. The molecule has 1 unspecified atom stereocenters. The SMILES string of the molecule is O=C(Cc1ccc(Cl)cc1)N(CC1CC1)CC1CCCN1. The Balaban J connectivity index is 1.60. The van der Waals surface area contributed by atoms with E-state index in [4.69, 9.17) is 11.6 Å². The molecule has 2 fully saturated rings. The lowest BCUT2D eigenvalue weighted by Crippen LogP contribution is -2.42. The van der Waals surface area contributed by atoms with Crippen LogP contribution in [0.25, 0.3) is 0 Å². The van der Waals surface area contributed by atoms with Gasteiger partial charge >= 0.3 is 0 Å². The van der Waals surface area contributed by atoms with Gasteiger partial charge in [-0.3, -0.25) is 4.79 Å². The van der Waals surface area contributed by atoms with Gasteiger partial charge in [-0.15, -0.1) is 0 Å². The minimum atomic E-state index is 0.248. The van der Waals surface area contributed by atoms with E-state index in [0.717, 1.165) is 36.1 Å². The van der Waals surface area contributed by atoms with Crippen molar-refractivity contribution in [3.05, 3.63) is 34.9 Å². The van der Waals surface area contributed by atoms with Crippen molar-refractivity contribution in [2.45, 2.75) is 38.1 Å². The van der Waals surface area contributed by atoms with Crippen molar-refractivity contribution in [2.24, 2.45) is 5.92 Å². The molecule has 0 spiro atoms. The highest BCUT2D eigenvalue weighted by atomic mass is 35.5. The summed E-state index contributed by atoms with van der Waals surface area (Å²) in [7, 11) is 0. The molecule has 4 heteroatoms. The molecule has 1 saturated carbocycles. The van der Waals surface area contributed by atoms with Crippen molar-refractivity contribution in [2.75, 3.05) is 19.6 Å². The summed E-state index contributed by atoms with van der Waals surface area (Å²) in [6, 6.07) is 8.09. The van der Waals surface area contributed by atoms with Crippen LogP contribution in [0.5, 0.6) is 0 Å². The van der Waals surface area contributed by atoms with Crippen LogP contribution < -0.4 is 5.32 Å². The smallest absolute Gasteiger partial charge is 0.227 e. The maximum atomic E-state index is 12.6. The summed E-state index contributed by atoms with van der Waals surface area (Å²) in [6.07, 6.45) is 5.46. The van der Waals surface area contributed by atoms with Crippen molar-refractivity contribution in [3.8, 4) is 0 Å². The number of amides is 1. The molecule has 1 aromatic rings. The largest absolute Gasteiger partial charge is 0.341 e. The van der Waals surface area contributed by atoms with Crippen LogP contribution in [0.15, 0.2) is 24.3 Å². The van der Waals surface area contributed by atoms with Crippen LogP contribution in [-0.2, 0) is 11.2 Å². The normalized spacial score (nSPS) is 21.5. The Morgan fingerprint density at radius 2 is 1.95 bits per heavy atom. The zero-order valence-corrected chi connectivity index (χ0v) is 13.1. The molecule has 1 aromatic carbocycles. The van der Waals surface area contributed by atoms with E-state index in [9.17, 15) is 4.79 Å². The van der Waals surface area contributed by atoms with Gasteiger partial charge in [-0.25, -0.2) is 0 Å². The van der Waals surface area contributed by atoms with E-state index in [1.54, 1.807) is 0 Å². The topological polar surface area (TPSA) is 32.3 Å². The lowest BCUT2D eigenvalue weighted by molar-refractivity contribution is -0.131. The van der Waals surface area contributed by atoms with E-state index in [1.165, 1.54) is 25.7 Å². The van der Waals surface area contributed by atoms with Crippen LogP contribution in [-0.4, -0.2) is 36.5 Å². The van der Waals surface area contributed by atoms with E-state index in [-0.39, 0.29) is 5.91 Å². The second kappa shape index (κ2) is 6.80. The van der Waals surface area contributed by atoms with Gasteiger partial charge in [-0.1, -0.05) is 23.7 Å². The standard InChI is InChI=1S/C17H23ClN2O/c18-15-7-5-13(6-8-15)10-17(21)20(11-14-3-4-14)12-16-2-1-9-19-16/h5-8,14,16,19H,1-4,9-12H2. The highest BCUT2D eigenvalue weighted by Gasteiger charge is 2.28. The van der Waals surface area contributed by atoms with E-state index in [2.05, 4.69) is 10.2 Å². The molecule has 1 N–H and O–H groups in total. The molecule has 21 heavy (non-hydrogen) atoms. The summed E-state index contributed by atoms with van der Waals surface area (Å²) < 4.78 is 0. The zero-order chi connectivity index (χ0) is 14.7. The van der Waals surface area contributed by atoms with Gasteiger partial charge in [0.15, 0.2) is 0 Å². The second-order valence-electron chi connectivity index (χ2n) is 6.34. The molecule has 1 heterocycles. The van der Waals surface area contributed by atoms with Crippen LogP contribution in [0.4, 0.5) is 0 Å². The molecular formula is C17H23ClN2O. The summed E-state index contributed by atoms with van der Waals surface area (Å²) in [6.45, 7) is 2.89. The van der Waals surface area contributed by atoms with Gasteiger partial charge < -0.3 is 10.2 Å². The first-order valence-electron chi connectivity index (χ1n) is 7.96. The van der Waals surface area contributed by atoms with Gasteiger partial charge in [-0.2, -0.15) is 0 Å². The summed E-state index contributed by atoms with van der Waals surface area (Å²) >= 11 is 5.90. The third-order valence-corrected chi connectivity index (χ3v) is 4.65. The predicted octanol–water partition coefficient (Wildman–Crippen LogP) is 2.87. The number of carbonyl (C=O) groups is 1. The predicted molar refractivity (Wildman–Crippen MR) is 85.5 cm³/mol. The van der Waals surface area contributed by atoms with Crippen LogP contribution >= 0.6 is 11.6 Å². The number of benzene rings is 1. The monoisotopic (exact) mass is 306 g/mol. The number of carbonyl (C=O) groups excluding carboxylic acids is 1. The van der Waals surface area contributed by atoms with Crippen LogP contribution in [0.2, 0.25) is 5.02 Å². The number of nitrogens with one attached hydrogen (secondary N) is 1. The minimum absolute atomic E-state index is 0.248. The summed E-state index contributed by atoms with van der Waals surface area (Å²) in [5.41, 5.74) is 1.05. The summed E-state index contributed by atoms with van der Waals surface area (Å²) in [5.74, 6) is 0.985. The first-order valence-corrected chi connectivity index (χ1v) is 8.34. The molecule has 0 radical (unpaired) electrons. The van der Waals surface area contributed by atoms with Gasteiger partial charge in [0.25, 0.3) is 0 Å². The maximum absolute atomic E-state index is 12.6. The number of hydrogen-bond donors (Lipinski definition) is 1. The Morgan fingerprint density at radius 1 is 1.19 bits per heavy atom. The Bertz CT molecular complexity index is 478. The minimum Gasteiger partial charge on any atom is -0.341 e. The lowest BCUT2D eigenvalue weighted by Gasteiger charge is -2.26. The third-order valence-electron chi connectivity index (χ3n) is 4.40. The Kier molecular flexibility index (Phi) is 4.81. The van der Waals surface area contributed by atoms with Crippen LogP contribution in [0.1, 0.15) is 31.2 Å². The number of hydrogen-bond acceptors (Lipinski definition) is 2. The molecule has 3 rings (SSSR count). The fourth-order valence-corrected chi connectivity index (χ4v) is 3.08. The van der Waals surface area contributed by atoms with E-state index >= 15 is 0 Å². The lowest BCUT2D eigenvalue weighted by atomic mass is 10.1. The highest BCUT2D eigenvalue weighted by Crippen LogP contribution is 2.30. The average Bonchev–Trinajstić information content (AvgIpc) is 3.14. The molecule has 0 aromatic heterocycles. The van der Waals surface area contributed by atoms with Crippen molar-refractivity contribution in [3.63, 3.8) is 0 Å². The molecule has 1 amide bonds. The number of nitrogens with zero attached hydrogens (tertiary/aromatic N) is 1. The zero-order valence-electron chi connectivity index (χ0n) is 12.4. The highest BCUT2D eigenvalue weighted by molar-refractivity contribution is 6.30. The fourth-order valence-electron chi connectivity index (χ4n) is 2.96. The average molecular weight is 307 g/mol. The van der Waals surface area contributed by atoms with E-state index < -0.39 is 0 Å². The Labute approximate surface area is 131 Å². The van der Waals surface area contributed by atoms with Crippen molar-refractivity contribution in [1.29, 1.82) is 0 Å². The Hall–Kier alpha value is -1.06. The van der Waals surface area contributed by atoms with Gasteiger partial charge in [0.1, 0.15) is 0 Å². The molecule has 3 nitrogen and oxygen atoms in total. The second-order valence-corrected chi connectivity index (χ2v) is 6.78. The summed E-state index contributed by atoms with van der Waals surface area (Å²) in [5, 5.41) is 4.21. The molecule has 114 valence electrons. The van der Waals surface area contributed by atoms with Crippen LogP contribution in [0.3, 0.4) is 0 Å². The van der Waals surface area contributed by atoms with Gasteiger partial charge in [0.05, 0.1) is 6.42 Å². The fraction of sp³-hybridized carbons (Fsp3) is 0.588. The molecule has 0 bridgehead atoms. The number of rotatable bonds is 6. The van der Waals surface area contributed by atoms with Gasteiger partial charge in [-0.05, 0) is 55.8 Å². The molecule has 2 aliphatic rings. The van der Waals surface area contributed by atoms with Crippen molar-refractivity contribution >= 4 is 17.5 Å². The van der Waals surface area contributed by atoms with Crippen molar-refractivity contribution in [1.82, 2.24) is 10.2 Å². The Morgan fingerprint density at radius 3 is 2.57 bits per heavy atom. The first-order chi connectivity index (χ1) is 10.2. The van der Waals surface area contributed by atoms with E-state index in [0.29, 0.717) is 12.5 Å². The number of halogens is 1. The molecule has 1 aliphatic heterocycles. The quantitative estimate of drug-likeness (QED) is 0.876. The van der Waals surface area contributed by atoms with Crippen LogP contribution in [0, 0.1) is 5.92 Å². The van der Waals surface area contributed by atoms with Gasteiger partial charge in [0.2, 0.25) is 5.91 Å². The molecular weight excluding hydrogens is 284 g/mol. The van der Waals surface area contributed by atoms with Gasteiger partial charge in [0, 0.05) is 24.2 Å². The maximum Gasteiger partial charge on any atom is 0.227 e. The third kappa shape index (κ3) is 4.45. The first kappa shape index (κ1) is 14.9. The van der Waals surface area contributed by atoms with E-state index in [1.807, 2.05) is 24.3 Å². The molecule has 1 aliphatic carbocycles. The molecule has 1 atom stereocenters. The van der Waals surface area contributed by atoms with Crippen molar-refractivity contribution < 1.29 is 4.79 Å². The molecule has 1 saturated heterocycles.